The molecule has 1 fully saturated rings. The summed E-state index contributed by atoms with van der Waals surface area (Å²) in [7, 11) is 2.07. The highest BCUT2D eigenvalue weighted by molar-refractivity contribution is 5.07. The molecule has 1 aromatic heterocycles. The second-order valence-electron chi connectivity index (χ2n) is 5.55. The van der Waals surface area contributed by atoms with E-state index < -0.39 is 0 Å². The molecule has 18 heavy (non-hydrogen) atoms. The molecule has 0 amide bonds. The second-order valence-corrected chi connectivity index (χ2v) is 5.55. The summed E-state index contributed by atoms with van der Waals surface area (Å²) in [5.41, 5.74) is 1.36. The van der Waals surface area contributed by atoms with Crippen LogP contribution < -0.4 is 5.32 Å². The van der Waals surface area contributed by atoms with Gasteiger partial charge in [-0.2, -0.15) is 5.10 Å². The zero-order chi connectivity index (χ0) is 12.8. The van der Waals surface area contributed by atoms with Crippen LogP contribution in [0, 0.1) is 5.92 Å². The van der Waals surface area contributed by atoms with Gasteiger partial charge in [0.1, 0.15) is 0 Å². The summed E-state index contributed by atoms with van der Waals surface area (Å²) in [6, 6.07) is 2.64. The fourth-order valence-corrected chi connectivity index (χ4v) is 3.18. The Morgan fingerprint density at radius 3 is 2.89 bits per heavy atom. The van der Waals surface area contributed by atoms with Gasteiger partial charge in [0.05, 0.1) is 5.69 Å². The topological polar surface area (TPSA) is 29.9 Å². The van der Waals surface area contributed by atoms with Crippen LogP contribution in [0.4, 0.5) is 0 Å². The average Bonchev–Trinajstić information content (AvgIpc) is 3.02. The van der Waals surface area contributed by atoms with Crippen LogP contribution in [0.25, 0.3) is 0 Å². The number of nitrogens with zero attached hydrogens (tertiary/aromatic N) is 2. The molecule has 102 valence electrons. The van der Waals surface area contributed by atoms with Gasteiger partial charge in [-0.05, 0) is 38.3 Å². The molecule has 0 bridgehead atoms. The van der Waals surface area contributed by atoms with E-state index in [1.807, 2.05) is 6.20 Å². The van der Waals surface area contributed by atoms with Crippen molar-refractivity contribution >= 4 is 0 Å². The monoisotopic (exact) mass is 249 g/mol. The number of hydrogen-bond acceptors (Lipinski definition) is 2. The van der Waals surface area contributed by atoms with Gasteiger partial charge in [0, 0.05) is 18.8 Å². The molecule has 3 heteroatoms. The van der Waals surface area contributed by atoms with Crippen LogP contribution in [0.3, 0.4) is 0 Å². The summed E-state index contributed by atoms with van der Waals surface area (Å²) in [5, 5.41) is 7.90. The van der Waals surface area contributed by atoms with Crippen molar-refractivity contribution in [2.45, 2.75) is 64.5 Å². The number of aryl methyl sites for hydroxylation is 1. The highest BCUT2D eigenvalue weighted by atomic mass is 15.3. The van der Waals surface area contributed by atoms with Crippen LogP contribution in [-0.2, 0) is 6.54 Å². The Balaban J connectivity index is 1.91. The molecule has 1 aliphatic carbocycles. The Labute approximate surface area is 111 Å². The maximum Gasteiger partial charge on any atom is 0.0553 e. The SMILES string of the molecule is CCCn1nccc1C(CCC1CCCC1)NC. The average molecular weight is 249 g/mol. The van der Waals surface area contributed by atoms with Crippen molar-refractivity contribution in [2.75, 3.05) is 7.05 Å². The molecule has 0 aliphatic heterocycles. The highest BCUT2D eigenvalue weighted by Crippen LogP contribution is 2.31. The summed E-state index contributed by atoms with van der Waals surface area (Å²) in [4.78, 5) is 0. The van der Waals surface area contributed by atoms with Crippen LogP contribution in [0.15, 0.2) is 12.3 Å². The molecule has 1 N–H and O–H groups in total. The van der Waals surface area contributed by atoms with Gasteiger partial charge in [-0.1, -0.05) is 32.6 Å². The molecule has 1 unspecified atom stereocenters. The van der Waals surface area contributed by atoms with E-state index in [0.29, 0.717) is 6.04 Å². The quantitative estimate of drug-likeness (QED) is 0.801. The van der Waals surface area contributed by atoms with Crippen LogP contribution in [-0.4, -0.2) is 16.8 Å². The fourth-order valence-electron chi connectivity index (χ4n) is 3.18. The standard InChI is InChI=1S/C15H27N3/c1-3-12-18-15(10-11-17-18)14(16-2)9-8-13-6-4-5-7-13/h10-11,13-14,16H,3-9,12H2,1-2H3. The Kier molecular flexibility index (Phi) is 5.24. The first-order valence-electron chi connectivity index (χ1n) is 7.54. The van der Waals surface area contributed by atoms with Gasteiger partial charge < -0.3 is 5.32 Å². The van der Waals surface area contributed by atoms with E-state index in [0.717, 1.165) is 18.9 Å². The first kappa shape index (κ1) is 13.6. The zero-order valence-electron chi connectivity index (χ0n) is 11.9. The summed E-state index contributed by atoms with van der Waals surface area (Å²) in [6.07, 6.45) is 11.5. The molecule has 0 radical (unpaired) electrons. The minimum atomic E-state index is 0.472. The summed E-state index contributed by atoms with van der Waals surface area (Å²) in [5.74, 6) is 0.975. The van der Waals surface area contributed by atoms with Gasteiger partial charge in [-0.3, -0.25) is 4.68 Å². The third-order valence-corrected chi connectivity index (χ3v) is 4.23. The maximum absolute atomic E-state index is 4.43. The van der Waals surface area contributed by atoms with Crippen LogP contribution in [0.2, 0.25) is 0 Å². The molecule has 0 spiro atoms. The first-order chi connectivity index (χ1) is 8.85. The van der Waals surface area contributed by atoms with Crippen molar-refractivity contribution in [3.63, 3.8) is 0 Å². The minimum Gasteiger partial charge on any atom is -0.312 e. The Morgan fingerprint density at radius 2 is 2.22 bits per heavy atom. The molecule has 1 aromatic rings. The summed E-state index contributed by atoms with van der Waals surface area (Å²) >= 11 is 0. The van der Waals surface area contributed by atoms with Crippen molar-refractivity contribution in [2.24, 2.45) is 5.92 Å². The lowest BCUT2D eigenvalue weighted by molar-refractivity contribution is 0.407. The molecular formula is C15H27N3. The van der Waals surface area contributed by atoms with Crippen LogP contribution in [0.5, 0.6) is 0 Å². The second kappa shape index (κ2) is 6.93. The third kappa shape index (κ3) is 3.35. The molecule has 1 atom stereocenters. The Morgan fingerprint density at radius 1 is 1.44 bits per heavy atom. The lowest BCUT2D eigenvalue weighted by atomic mass is 9.97. The van der Waals surface area contributed by atoms with Gasteiger partial charge >= 0.3 is 0 Å². The van der Waals surface area contributed by atoms with Gasteiger partial charge in [-0.25, -0.2) is 0 Å². The van der Waals surface area contributed by atoms with Crippen molar-refractivity contribution < 1.29 is 0 Å². The molecule has 0 aromatic carbocycles. The normalized spacial score (nSPS) is 18.3. The predicted octanol–water partition coefficient (Wildman–Crippen LogP) is 3.52. The molecule has 2 rings (SSSR count). The highest BCUT2D eigenvalue weighted by Gasteiger charge is 2.19. The van der Waals surface area contributed by atoms with Gasteiger partial charge in [-0.15, -0.1) is 0 Å². The van der Waals surface area contributed by atoms with Gasteiger partial charge in [0.25, 0.3) is 0 Å². The predicted molar refractivity (Wildman–Crippen MR) is 75.5 cm³/mol. The minimum absolute atomic E-state index is 0.472. The van der Waals surface area contributed by atoms with Crippen molar-refractivity contribution in [1.29, 1.82) is 0 Å². The van der Waals surface area contributed by atoms with Gasteiger partial charge in [0.2, 0.25) is 0 Å². The molecular weight excluding hydrogens is 222 g/mol. The van der Waals surface area contributed by atoms with Gasteiger partial charge in [0.15, 0.2) is 0 Å². The largest absolute Gasteiger partial charge is 0.312 e. The van der Waals surface area contributed by atoms with Crippen molar-refractivity contribution in [1.82, 2.24) is 15.1 Å². The lowest BCUT2D eigenvalue weighted by Gasteiger charge is -2.19. The van der Waals surface area contributed by atoms with E-state index in [9.17, 15) is 0 Å². The molecule has 3 nitrogen and oxygen atoms in total. The first-order valence-corrected chi connectivity index (χ1v) is 7.54. The van der Waals surface area contributed by atoms with E-state index >= 15 is 0 Å². The summed E-state index contributed by atoms with van der Waals surface area (Å²) in [6.45, 7) is 3.24. The van der Waals surface area contributed by atoms with E-state index in [2.05, 4.69) is 35.1 Å². The number of aromatic nitrogens is 2. The third-order valence-electron chi connectivity index (χ3n) is 4.23. The fraction of sp³-hybridized carbons (Fsp3) is 0.800. The van der Waals surface area contributed by atoms with E-state index in [-0.39, 0.29) is 0 Å². The lowest BCUT2D eigenvalue weighted by Crippen LogP contribution is -2.21. The van der Waals surface area contributed by atoms with E-state index in [1.165, 1.54) is 44.2 Å². The molecule has 1 heterocycles. The van der Waals surface area contributed by atoms with E-state index in [4.69, 9.17) is 0 Å². The maximum atomic E-state index is 4.43. The van der Waals surface area contributed by atoms with Crippen molar-refractivity contribution in [3.05, 3.63) is 18.0 Å². The number of nitrogens with one attached hydrogen (secondary N) is 1. The van der Waals surface area contributed by atoms with Crippen LogP contribution >= 0.6 is 0 Å². The van der Waals surface area contributed by atoms with Crippen molar-refractivity contribution in [3.8, 4) is 0 Å². The zero-order valence-corrected chi connectivity index (χ0v) is 11.9. The smallest absolute Gasteiger partial charge is 0.0553 e. The number of hydrogen-bond donors (Lipinski definition) is 1. The summed E-state index contributed by atoms with van der Waals surface area (Å²) < 4.78 is 2.16. The Bertz CT molecular complexity index is 339. The molecule has 0 saturated heterocycles. The number of rotatable bonds is 7. The Hall–Kier alpha value is -0.830. The van der Waals surface area contributed by atoms with Crippen LogP contribution in [0.1, 0.15) is 63.6 Å². The molecule has 1 saturated carbocycles. The molecule has 1 aliphatic rings. The van der Waals surface area contributed by atoms with E-state index in [1.54, 1.807) is 0 Å².